The molecule has 1 unspecified atom stereocenters. The minimum absolute atomic E-state index is 0.134. The van der Waals surface area contributed by atoms with Crippen LogP contribution in [0.4, 0.5) is 0 Å². The topological polar surface area (TPSA) is 26.3 Å². The van der Waals surface area contributed by atoms with Crippen molar-refractivity contribution in [3.63, 3.8) is 0 Å². The van der Waals surface area contributed by atoms with E-state index in [1.807, 2.05) is 0 Å². The molecule has 0 spiro atoms. The van der Waals surface area contributed by atoms with Crippen LogP contribution in [0.5, 0.6) is 0 Å². The molecule has 0 amide bonds. The van der Waals surface area contributed by atoms with Gasteiger partial charge >= 0.3 is 5.97 Å². The van der Waals surface area contributed by atoms with Crippen LogP contribution < -0.4 is 0 Å². The van der Waals surface area contributed by atoms with Crippen LogP contribution >= 0.6 is 0 Å². The molecule has 4 rings (SSSR count). The Labute approximate surface area is 191 Å². The first kappa shape index (κ1) is 23.1. The summed E-state index contributed by atoms with van der Waals surface area (Å²) in [7, 11) is 0. The summed E-state index contributed by atoms with van der Waals surface area (Å²) in [5, 5.41) is 0. The van der Waals surface area contributed by atoms with Gasteiger partial charge in [-0.25, -0.2) is 0 Å². The number of hydrogen-bond acceptors (Lipinski definition) is 2. The molecule has 0 bridgehead atoms. The summed E-state index contributed by atoms with van der Waals surface area (Å²) in [5.74, 6) is 4.47. The third-order valence-electron chi connectivity index (χ3n) is 9.97. The highest BCUT2D eigenvalue weighted by molar-refractivity contribution is 5.68. The lowest BCUT2D eigenvalue weighted by molar-refractivity contribution is -0.138. The second-order valence-corrected chi connectivity index (χ2v) is 12.4. The third-order valence-corrected chi connectivity index (χ3v) is 9.97. The van der Waals surface area contributed by atoms with E-state index < -0.39 is 0 Å². The molecule has 0 aromatic carbocycles. The minimum Gasteiger partial charge on any atom is -0.431 e. The lowest BCUT2D eigenvalue weighted by atomic mass is 9.48. The second kappa shape index (κ2) is 8.71. The van der Waals surface area contributed by atoms with Crippen LogP contribution in [0.25, 0.3) is 0 Å². The normalized spacial score (nSPS) is 38.3. The van der Waals surface area contributed by atoms with Crippen molar-refractivity contribution < 1.29 is 9.53 Å². The van der Waals surface area contributed by atoms with Crippen LogP contribution in [-0.4, -0.2) is 5.97 Å². The number of carbonyl (C=O) groups is 1. The van der Waals surface area contributed by atoms with E-state index in [0.717, 1.165) is 29.9 Å². The summed E-state index contributed by atoms with van der Waals surface area (Å²) < 4.78 is 5.99. The Morgan fingerprint density at radius 2 is 1.90 bits per heavy atom. The average Bonchev–Trinajstić information content (AvgIpc) is 3.04. The van der Waals surface area contributed by atoms with Gasteiger partial charge in [0.2, 0.25) is 0 Å². The maximum atomic E-state index is 12.1. The number of hydrogen-bond donors (Lipinski definition) is 0. The first-order valence-electron chi connectivity index (χ1n) is 13.3. The number of allylic oxidation sites excluding steroid dienone is 4. The Bertz CT molecular complexity index is 759. The summed E-state index contributed by atoms with van der Waals surface area (Å²) in [6, 6.07) is 0. The molecule has 174 valence electrons. The highest BCUT2D eigenvalue weighted by Crippen LogP contribution is 2.66. The molecule has 0 aliphatic heterocycles. The van der Waals surface area contributed by atoms with Gasteiger partial charge in [-0.2, -0.15) is 0 Å². The highest BCUT2D eigenvalue weighted by Gasteiger charge is 2.56. The molecule has 0 aromatic rings. The van der Waals surface area contributed by atoms with Crippen molar-refractivity contribution in [3.8, 4) is 0 Å². The van der Waals surface area contributed by atoms with Gasteiger partial charge in [0.05, 0.1) is 0 Å². The molecule has 0 radical (unpaired) electrons. The van der Waals surface area contributed by atoms with Gasteiger partial charge in [0.25, 0.3) is 0 Å². The zero-order valence-corrected chi connectivity index (χ0v) is 21.1. The largest absolute Gasteiger partial charge is 0.431 e. The molecule has 0 saturated heterocycles. The fourth-order valence-electron chi connectivity index (χ4n) is 8.19. The van der Waals surface area contributed by atoms with Crippen molar-refractivity contribution in [3.05, 3.63) is 23.0 Å². The summed E-state index contributed by atoms with van der Waals surface area (Å²) in [6.45, 7) is 13.9. The molecule has 4 aliphatic rings. The van der Waals surface area contributed by atoms with Crippen LogP contribution in [0, 0.1) is 40.4 Å². The highest BCUT2D eigenvalue weighted by atomic mass is 16.5. The van der Waals surface area contributed by atoms with Crippen LogP contribution in [0.2, 0.25) is 0 Å². The van der Waals surface area contributed by atoms with E-state index in [9.17, 15) is 4.79 Å². The van der Waals surface area contributed by atoms with Gasteiger partial charge in [0, 0.05) is 13.3 Å². The molecule has 2 saturated carbocycles. The molecule has 4 aliphatic carbocycles. The Kier molecular flexibility index (Phi) is 6.50. The third kappa shape index (κ3) is 4.06. The van der Waals surface area contributed by atoms with Gasteiger partial charge < -0.3 is 4.74 Å². The van der Waals surface area contributed by atoms with E-state index in [1.165, 1.54) is 69.8 Å². The van der Waals surface area contributed by atoms with E-state index in [0.29, 0.717) is 17.3 Å². The molecule has 6 atom stereocenters. The predicted molar refractivity (Wildman–Crippen MR) is 128 cm³/mol. The zero-order chi connectivity index (χ0) is 22.4. The van der Waals surface area contributed by atoms with E-state index >= 15 is 0 Å². The van der Waals surface area contributed by atoms with E-state index in [4.69, 9.17) is 4.74 Å². The van der Waals surface area contributed by atoms with Crippen molar-refractivity contribution in [2.24, 2.45) is 40.4 Å². The fourth-order valence-corrected chi connectivity index (χ4v) is 8.19. The maximum absolute atomic E-state index is 12.1. The monoisotopic (exact) mass is 426 g/mol. The first-order valence-corrected chi connectivity index (χ1v) is 13.3. The summed E-state index contributed by atoms with van der Waals surface area (Å²) in [4.78, 5) is 12.1. The molecule has 31 heavy (non-hydrogen) atoms. The molecule has 2 heteroatoms. The Morgan fingerprint density at radius 1 is 1.13 bits per heavy atom. The Morgan fingerprint density at radius 3 is 2.61 bits per heavy atom. The maximum Gasteiger partial charge on any atom is 0.307 e. The van der Waals surface area contributed by atoms with Crippen LogP contribution in [-0.2, 0) is 9.53 Å². The van der Waals surface area contributed by atoms with Crippen molar-refractivity contribution >= 4 is 5.97 Å². The van der Waals surface area contributed by atoms with Crippen molar-refractivity contribution in [1.29, 1.82) is 0 Å². The first-order chi connectivity index (χ1) is 14.7. The van der Waals surface area contributed by atoms with E-state index in [2.05, 4.69) is 40.7 Å². The van der Waals surface area contributed by atoms with E-state index in [1.54, 1.807) is 12.5 Å². The molecule has 0 aromatic heterocycles. The summed E-state index contributed by atoms with van der Waals surface area (Å²) >= 11 is 0. The zero-order valence-electron chi connectivity index (χ0n) is 21.1. The smallest absolute Gasteiger partial charge is 0.307 e. The van der Waals surface area contributed by atoms with Gasteiger partial charge in [-0.1, -0.05) is 72.8 Å². The van der Waals surface area contributed by atoms with Crippen LogP contribution in [0.15, 0.2) is 23.0 Å². The number of carbonyl (C=O) groups excluding carboxylic acids is 1. The molecule has 2 nitrogen and oxygen atoms in total. The van der Waals surface area contributed by atoms with Gasteiger partial charge in [-0.3, -0.25) is 4.79 Å². The van der Waals surface area contributed by atoms with Gasteiger partial charge in [0.15, 0.2) is 0 Å². The second-order valence-electron chi connectivity index (χ2n) is 12.4. The average molecular weight is 427 g/mol. The number of ether oxygens (including phenoxy) is 1. The molecule has 0 N–H and O–H groups in total. The number of fused-ring (bicyclic) bond motifs is 5. The van der Waals surface area contributed by atoms with Gasteiger partial charge in [-0.15, -0.1) is 0 Å². The lowest BCUT2D eigenvalue weighted by Gasteiger charge is -2.56. The Hall–Kier alpha value is -1.05. The summed E-state index contributed by atoms with van der Waals surface area (Å²) in [5.41, 5.74) is 3.69. The molecular weight excluding hydrogens is 380 g/mol. The predicted octanol–water partition coefficient (Wildman–Crippen LogP) is 8.23. The van der Waals surface area contributed by atoms with Gasteiger partial charge in [-0.05, 0) is 83.7 Å². The summed E-state index contributed by atoms with van der Waals surface area (Å²) in [6.07, 6.45) is 16.7. The minimum atomic E-state index is -0.134. The van der Waals surface area contributed by atoms with Crippen molar-refractivity contribution in [1.82, 2.24) is 0 Å². The number of esters is 1. The fraction of sp³-hybridized carbons (Fsp3) is 0.828. The van der Waals surface area contributed by atoms with Crippen molar-refractivity contribution in [2.75, 3.05) is 0 Å². The quantitative estimate of drug-likeness (QED) is 0.400. The SMILES string of the molecule is CC(=O)OC1=C2C3=CC[C@H]([C@H](C)CCCC(C)C)[C@@]3(C)CC[C@@H]2[C@@]2(C)CCCCC2C1. The van der Waals surface area contributed by atoms with Crippen LogP contribution in [0.3, 0.4) is 0 Å². The molecular formula is C29H46O2. The molecule has 0 heterocycles. The standard InChI is InChI=1S/C29H46O2/c1-19(2)10-9-11-20(3)23-13-14-24-27-25(15-17-29(23,24)6)28(5)16-8-7-12-22(28)18-26(27)31-21(4)30/h14,19-20,22-23,25H,7-13,15-18H2,1-6H3/t20-,22?,23-,25+,28+,29-/m1/s1. The van der Waals surface area contributed by atoms with Gasteiger partial charge in [0.1, 0.15) is 5.76 Å². The number of rotatable bonds is 6. The van der Waals surface area contributed by atoms with Crippen molar-refractivity contribution in [2.45, 2.75) is 112 Å². The Balaban J connectivity index is 1.64. The van der Waals surface area contributed by atoms with Crippen LogP contribution in [0.1, 0.15) is 112 Å². The molecule has 2 fully saturated rings. The lowest BCUT2D eigenvalue weighted by Crippen LogP contribution is -2.47. The van der Waals surface area contributed by atoms with E-state index in [-0.39, 0.29) is 11.4 Å².